The zero-order valence-corrected chi connectivity index (χ0v) is 18.0. The zero-order valence-electron chi connectivity index (χ0n) is 17.2. The van der Waals surface area contributed by atoms with E-state index < -0.39 is 0 Å². The molecule has 2 aromatic carbocycles. The summed E-state index contributed by atoms with van der Waals surface area (Å²) in [5.74, 6) is 0.845. The molecule has 3 aromatic rings. The van der Waals surface area contributed by atoms with Crippen LogP contribution in [0.5, 0.6) is 0 Å². The number of carbonyl (C=O) groups is 1. The van der Waals surface area contributed by atoms with Crippen molar-refractivity contribution in [1.29, 1.82) is 5.26 Å². The fraction of sp³-hybridized carbons (Fsp3) is 0.240. The lowest BCUT2D eigenvalue weighted by Gasteiger charge is -2.34. The van der Waals surface area contributed by atoms with Gasteiger partial charge in [0.2, 0.25) is 0 Å². The topological polar surface area (TPSA) is 69.0 Å². The van der Waals surface area contributed by atoms with Gasteiger partial charge in [0, 0.05) is 53.4 Å². The first-order valence-corrected chi connectivity index (χ1v) is 11.4. The summed E-state index contributed by atoms with van der Waals surface area (Å²) in [6.45, 7) is 1.78. The van der Waals surface area contributed by atoms with Gasteiger partial charge in [-0.25, -0.2) is 0 Å². The Bertz CT molecular complexity index is 1040. The third-order valence-electron chi connectivity index (χ3n) is 5.44. The van der Waals surface area contributed by atoms with E-state index in [1.807, 2.05) is 60.8 Å². The molecule has 1 fully saturated rings. The minimum absolute atomic E-state index is 0.0133. The van der Waals surface area contributed by atoms with E-state index in [0.717, 1.165) is 42.3 Å². The van der Waals surface area contributed by atoms with E-state index >= 15 is 0 Å². The molecule has 1 N–H and O–H groups in total. The monoisotopic (exact) mass is 428 g/mol. The highest BCUT2D eigenvalue weighted by molar-refractivity contribution is 7.98. The largest absolute Gasteiger partial charge is 0.371 e. The van der Waals surface area contributed by atoms with Crippen molar-refractivity contribution >= 4 is 23.4 Å². The molecule has 156 valence electrons. The third-order valence-corrected chi connectivity index (χ3v) is 6.52. The van der Waals surface area contributed by atoms with Crippen molar-refractivity contribution in [3.8, 4) is 6.07 Å². The predicted molar refractivity (Wildman–Crippen MR) is 124 cm³/mol. The fourth-order valence-electron chi connectivity index (χ4n) is 3.65. The molecule has 31 heavy (non-hydrogen) atoms. The molecule has 0 bridgehead atoms. The average molecular weight is 429 g/mol. The number of amides is 1. The maximum Gasteiger partial charge on any atom is 0.251 e. The van der Waals surface area contributed by atoms with Gasteiger partial charge in [-0.1, -0.05) is 6.07 Å². The van der Waals surface area contributed by atoms with Crippen LogP contribution in [0, 0.1) is 11.3 Å². The maximum atomic E-state index is 12.7. The number of benzene rings is 2. The van der Waals surface area contributed by atoms with Crippen LogP contribution in [0.15, 0.2) is 78.0 Å². The standard InChI is InChI=1S/C25H24N4OS/c26-16-19-3-7-23(8-4-19)29-14-11-22(12-15-29)28-25(30)21-5-9-24(10-6-21)31-18-20-2-1-13-27-17-20/h1-10,13,17,22H,11-12,14-15,18H2,(H,28,30). The number of rotatable bonds is 6. The van der Waals surface area contributed by atoms with Crippen LogP contribution in [0.3, 0.4) is 0 Å². The Morgan fingerprint density at radius 1 is 1.10 bits per heavy atom. The van der Waals surface area contributed by atoms with E-state index in [2.05, 4.69) is 27.3 Å². The highest BCUT2D eigenvalue weighted by Crippen LogP contribution is 2.23. The minimum Gasteiger partial charge on any atom is -0.371 e. The number of carbonyl (C=O) groups excluding carboxylic acids is 1. The molecular formula is C25H24N4OS. The number of hydrogen-bond acceptors (Lipinski definition) is 5. The Hall–Kier alpha value is -3.30. The molecule has 1 saturated heterocycles. The third kappa shape index (κ3) is 5.65. The molecule has 0 aliphatic carbocycles. The molecule has 1 amide bonds. The first-order chi connectivity index (χ1) is 15.2. The predicted octanol–water partition coefficient (Wildman–Crippen LogP) is 4.64. The number of piperidine rings is 1. The molecule has 0 saturated carbocycles. The Morgan fingerprint density at radius 2 is 1.84 bits per heavy atom. The lowest BCUT2D eigenvalue weighted by Crippen LogP contribution is -2.44. The Labute approximate surface area is 187 Å². The number of anilines is 1. The smallest absolute Gasteiger partial charge is 0.251 e. The van der Waals surface area contributed by atoms with Crippen molar-refractivity contribution in [1.82, 2.24) is 10.3 Å². The van der Waals surface area contributed by atoms with E-state index in [1.54, 1.807) is 18.0 Å². The molecule has 1 aromatic heterocycles. The Morgan fingerprint density at radius 3 is 2.48 bits per heavy atom. The molecule has 6 heteroatoms. The normalized spacial score (nSPS) is 14.1. The first kappa shape index (κ1) is 21.0. The average Bonchev–Trinajstić information content (AvgIpc) is 2.84. The van der Waals surface area contributed by atoms with Crippen molar-refractivity contribution in [2.24, 2.45) is 0 Å². The number of aromatic nitrogens is 1. The molecule has 1 aliphatic heterocycles. The fourth-order valence-corrected chi connectivity index (χ4v) is 4.48. The number of nitrogens with one attached hydrogen (secondary N) is 1. The van der Waals surface area contributed by atoms with E-state index in [0.29, 0.717) is 11.1 Å². The summed E-state index contributed by atoms with van der Waals surface area (Å²) in [6, 6.07) is 21.8. The molecule has 0 radical (unpaired) electrons. The van der Waals surface area contributed by atoms with Gasteiger partial charge in [0.1, 0.15) is 0 Å². The van der Waals surface area contributed by atoms with Crippen LogP contribution in [-0.2, 0) is 5.75 Å². The van der Waals surface area contributed by atoms with Crippen LogP contribution in [0.4, 0.5) is 5.69 Å². The van der Waals surface area contributed by atoms with Crippen LogP contribution in [0.1, 0.15) is 34.3 Å². The number of nitriles is 1. The van der Waals surface area contributed by atoms with Gasteiger partial charge in [0.25, 0.3) is 5.91 Å². The van der Waals surface area contributed by atoms with Crippen molar-refractivity contribution in [2.45, 2.75) is 29.5 Å². The summed E-state index contributed by atoms with van der Waals surface area (Å²) >= 11 is 1.73. The lowest BCUT2D eigenvalue weighted by atomic mass is 10.0. The summed E-state index contributed by atoms with van der Waals surface area (Å²) in [6.07, 6.45) is 5.47. The van der Waals surface area contributed by atoms with E-state index in [4.69, 9.17) is 5.26 Å². The van der Waals surface area contributed by atoms with Crippen molar-refractivity contribution in [2.75, 3.05) is 18.0 Å². The van der Waals surface area contributed by atoms with Gasteiger partial charge >= 0.3 is 0 Å². The molecule has 5 nitrogen and oxygen atoms in total. The summed E-state index contributed by atoms with van der Waals surface area (Å²) in [5.41, 5.74) is 3.68. The second-order valence-corrected chi connectivity index (χ2v) is 8.62. The summed E-state index contributed by atoms with van der Waals surface area (Å²) < 4.78 is 0. The van der Waals surface area contributed by atoms with Gasteiger partial charge in [-0.3, -0.25) is 9.78 Å². The van der Waals surface area contributed by atoms with Gasteiger partial charge in [-0.2, -0.15) is 5.26 Å². The van der Waals surface area contributed by atoms with Gasteiger partial charge in [-0.15, -0.1) is 11.8 Å². The maximum absolute atomic E-state index is 12.7. The molecular weight excluding hydrogens is 404 g/mol. The van der Waals surface area contributed by atoms with Gasteiger partial charge in [0.15, 0.2) is 0 Å². The van der Waals surface area contributed by atoms with Crippen LogP contribution in [-0.4, -0.2) is 30.0 Å². The zero-order chi connectivity index (χ0) is 21.5. The van der Waals surface area contributed by atoms with Crippen LogP contribution in [0.2, 0.25) is 0 Å². The molecule has 2 heterocycles. The Kier molecular flexibility index (Phi) is 6.85. The summed E-state index contributed by atoms with van der Waals surface area (Å²) in [5, 5.41) is 12.1. The Balaban J connectivity index is 1.25. The molecule has 0 spiro atoms. The van der Waals surface area contributed by atoms with Gasteiger partial charge in [-0.05, 0) is 73.0 Å². The molecule has 1 aliphatic rings. The van der Waals surface area contributed by atoms with Crippen molar-refractivity contribution < 1.29 is 4.79 Å². The molecule has 0 atom stereocenters. The van der Waals surface area contributed by atoms with Crippen LogP contribution in [0.25, 0.3) is 0 Å². The quantitative estimate of drug-likeness (QED) is 0.579. The van der Waals surface area contributed by atoms with E-state index in [-0.39, 0.29) is 11.9 Å². The van der Waals surface area contributed by atoms with E-state index in [1.165, 1.54) is 5.56 Å². The second-order valence-electron chi connectivity index (χ2n) is 7.57. The number of thioether (sulfide) groups is 1. The lowest BCUT2D eigenvalue weighted by molar-refractivity contribution is 0.0931. The van der Waals surface area contributed by atoms with Gasteiger partial charge in [0.05, 0.1) is 11.6 Å². The number of pyridine rings is 1. The number of hydrogen-bond donors (Lipinski definition) is 1. The first-order valence-electron chi connectivity index (χ1n) is 10.4. The van der Waals surface area contributed by atoms with Crippen LogP contribution >= 0.6 is 11.8 Å². The van der Waals surface area contributed by atoms with E-state index in [9.17, 15) is 4.79 Å². The highest BCUT2D eigenvalue weighted by Gasteiger charge is 2.21. The molecule has 0 unspecified atom stereocenters. The minimum atomic E-state index is -0.0133. The summed E-state index contributed by atoms with van der Waals surface area (Å²) in [4.78, 5) is 20.2. The van der Waals surface area contributed by atoms with Gasteiger partial charge < -0.3 is 10.2 Å². The SMILES string of the molecule is N#Cc1ccc(N2CCC(NC(=O)c3ccc(SCc4cccnc4)cc3)CC2)cc1. The molecule has 4 rings (SSSR count). The van der Waals surface area contributed by atoms with Crippen molar-refractivity contribution in [3.63, 3.8) is 0 Å². The summed E-state index contributed by atoms with van der Waals surface area (Å²) in [7, 11) is 0. The van der Waals surface area contributed by atoms with Crippen LogP contribution < -0.4 is 10.2 Å². The van der Waals surface area contributed by atoms with Crippen molar-refractivity contribution in [3.05, 3.63) is 89.7 Å². The number of nitrogens with zero attached hydrogens (tertiary/aromatic N) is 3. The highest BCUT2D eigenvalue weighted by atomic mass is 32.2. The second kappa shape index (κ2) is 10.1.